The largest absolute Gasteiger partial charge is 0.392 e. The number of aromatic nitrogens is 1. The SMILES string of the molecule is Cc1cncc(-c2ccc(CO)c(Cl)c2)c1. The predicted octanol–water partition coefficient (Wildman–Crippen LogP) is 3.20. The molecular weight excluding hydrogens is 222 g/mol. The van der Waals surface area contributed by atoms with Crippen LogP contribution in [0.2, 0.25) is 5.02 Å². The third-order valence-corrected chi connectivity index (χ3v) is 2.78. The van der Waals surface area contributed by atoms with E-state index < -0.39 is 0 Å². The van der Waals surface area contributed by atoms with Crippen molar-refractivity contribution in [2.24, 2.45) is 0 Å². The number of aliphatic hydroxyl groups excluding tert-OH is 1. The molecule has 0 aliphatic rings. The number of nitrogens with zero attached hydrogens (tertiary/aromatic N) is 1. The average Bonchev–Trinajstić information content (AvgIpc) is 2.29. The zero-order valence-corrected chi connectivity index (χ0v) is 9.70. The zero-order valence-electron chi connectivity index (χ0n) is 8.94. The van der Waals surface area contributed by atoms with Gasteiger partial charge in [0.25, 0.3) is 0 Å². The molecule has 1 N–H and O–H groups in total. The Bertz CT molecular complexity index is 511. The highest BCUT2D eigenvalue weighted by Gasteiger charge is 2.03. The van der Waals surface area contributed by atoms with E-state index >= 15 is 0 Å². The minimum atomic E-state index is -0.0365. The van der Waals surface area contributed by atoms with Gasteiger partial charge in [0.1, 0.15) is 0 Å². The summed E-state index contributed by atoms with van der Waals surface area (Å²) in [4.78, 5) is 4.14. The normalized spacial score (nSPS) is 10.4. The molecule has 1 aromatic carbocycles. The highest BCUT2D eigenvalue weighted by atomic mass is 35.5. The lowest BCUT2D eigenvalue weighted by Gasteiger charge is -2.05. The monoisotopic (exact) mass is 233 g/mol. The molecule has 1 heterocycles. The predicted molar refractivity (Wildman–Crippen MR) is 65.3 cm³/mol. The van der Waals surface area contributed by atoms with E-state index in [9.17, 15) is 0 Å². The summed E-state index contributed by atoms with van der Waals surface area (Å²) < 4.78 is 0. The van der Waals surface area contributed by atoms with Gasteiger partial charge in [-0.05, 0) is 35.7 Å². The van der Waals surface area contributed by atoms with Gasteiger partial charge in [0.15, 0.2) is 0 Å². The van der Waals surface area contributed by atoms with Crippen LogP contribution >= 0.6 is 11.6 Å². The van der Waals surface area contributed by atoms with Crippen LogP contribution in [0.4, 0.5) is 0 Å². The molecule has 0 amide bonds. The van der Waals surface area contributed by atoms with Gasteiger partial charge in [0, 0.05) is 23.0 Å². The number of benzene rings is 1. The first-order valence-electron chi connectivity index (χ1n) is 5.02. The van der Waals surface area contributed by atoms with Crippen LogP contribution in [0.5, 0.6) is 0 Å². The lowest BCUT2D eigenvalue weighted by molar-refractivity contribution is 0.282. The Morgan fingerprint density at radius 2 is 2.00 bits per heavy atom. The number of aryl methyl sites for hydroxylation is 1. The quantitative estimate of drug-likeness (QED) is 0.864. The summed E-state index contributed by atoms with van der Waals surface area (Å²) in [5.41, 5.74) is 3.90. The van der Waals surface area contributed by atoms with Gasteiger partial charge in [0.2, 0.25) is 0 Å². The maximum Gasteiger partial charge on any atom is 0.0696 e. The molecule has 0 aliphatic carbocycles. The van der Waals surface area contributed by atoms with Gasteiger partial charge in [-0.15, -0.1) is 0 Å². The van der Waals surface area contributed by atoms with Crippen molar-refractivity contribution < 1.29 is 5.11 Å². The Kier molecular flexibility index (Phi) is 3.22. The van der Waals surface area contributed by atoms with Crippen molar-refractivity contribution in [2.75, 3.05) is 0 Å². The van der Waals surface area contributed by atoms with Crippen molar-refractivity contribution in [1.29, 1.82) is 0 Å². The third-order valence-electron chi connectivity index (χ3n) is 2.43. The molecule has 0 atom stereocenters. The molecule has 2 aromatic rings. The van der Waals surface area contributed by atoms with Crippen molar-refractivity contribution in [1.82, 2.24) is 4.98 Å². The topological polar surface area (TPSA) is 33.1 Å². The summed E-state index contributed by atoms with van der Waals surface area (Å²) in [6.45, 7) is 1.96. The molecule has 82 valence electrons. The zero-order chi connectivity index (χ0) is 11.5. The average molecular weight is 234 g/mol. The van der Waals surface area contributed by atoms with E-state index in [1.807, 2.05) is 31.3 Å². The van der Waals surface area contributed by atoms with Gasteiger partial charge in [-0.2, -0.15) is 0 Å². The fourth-order valence-electron chi connectivity index (χ4n) is 1.57. The van der Waals surface area contributed by atoms with Crippen LogP contribution in [0, 0.1) is 6.92 Å². The summed E-state index contributed by atoms with van der Waals surface area (Å²) in [5, 5.41) is 9.61. The maximum atomic E-state index is 9.03. The van der Waals surface area contributed by atoms with Crippen molar-refractivity contribution >= 4 is 11.6 Å². The van der Waals surface area contributed by atoms with E-state index in [0.717, 1.165) is 22.3 Å². The third kappa shape index (κ3) is 2.23. The standard InChI is InChI=1S/C13H12ClNO/c1-9-4-12(7-15-6-9)10-2-3-11(8-16)13(14)5-10/h2-7,16H,8H2,1H3. The lowest BCUT2D eigenvalue weighted by Crippen LogP contribution is -1.87. The molecule has 3 heteroatoms. The summed E-state index contributed by atoms with van der Waals surface area (Å²) in [7, 11) is 0. The Hall–Kier alpha value is -1.38. The van der Waals surface area contributed by atoms with Crippen LogP contribution in [0.25, 0.3) is 11.1 Å². The van der Waals surface area contributed by atoms with Crippen LogP contribution in [-0.2, 0) is 6.61 Å². The smallest absolute Gasteiger partial charge is 0.0696 e. The number of pyridine rings is 1. The van der Waals surface area contributed by atoms with Crippen LogP contribution in [-0.4, -0.2) is 10.1 Å². The van der Waals surface area contributed by atoms with Crippen LogP contribution < -0.4 is 0 Å². The van der Waals surface area contributed by atoms with Gasteiger partial charge >= 0.3 is 0 Å². The summed E-state index contributed by atoms with van der Waals surface area (Å²) in [5.74, 6) is 0. The molecule has 0 radical (unpaired) electrons. The fraction of sp³-hybridized carbons (Fsp3) is 0.154. The number of halogens is 1. The second-order valence-corrected chi connectivity index (χ2v) is 4.12. The van der Waals surface area contributed by atoms with Crippen molar-refractivity contribution in [3.05, 3.63) is 52.8 Å². The maximum absolute atomic E-state index is 9.03. The van der Waals surface area contributed by atoms with E-state index in [2.05, 4.69) is 11.1 Å². The summed E-state index contributed by atoms with van der Waals surface area (Å²) in [6.07, 6.45) is 3.62. The number of hydrogen-bond acceptors (Lipinski definition) is 2. The first kappa shape index (κ1) is 11.1. The van der Waals surface area contributed by atoms with Crippen molar-refractivity contribution in [3.63, 3.8) is 0 Å². The van der Waals surface area contributed by atoms with Crippen LogP contribution in [0.3, 0.4) is 0 Å². The first-order chi connectivity index (χ1) is 7.70. The van der Waals surface area contributed by atoms with Gasteiger partial charge in [0.05, 0.1) is 6.61 Å². The highest BCUT2D eigenvalue weighted by Crippen LogP contribution is 2.25. The van der Waals surface area contributed by atoms with Gasteiger partial charge in [-0.1, -0.05) is 23.7 Å². The molecule has 2 rings (SSSR count). The summed E-state index contributed by atoms with van der Waals surface area (Å²) >= 11 is 6.04. The molecule has 0 aliphatic heterocycles. The number of hydrogen-bond donors (Lipinski definition) is 1. The van der Waals surface area contributed by atoms with Crippen molar-refractivity contribution in [2.45, 2.75) is 13.5 Å². The van der Waals surface area contributed by atoms with Gasteiger partial charge < -0.3 is 5.11 Å². The van der Waals surface area contributed by atoms with Crippen LogP contribution in [0.15, 0.2) is 36.7 Å². The Balaban J connectivity index is 2.45. The molecular formula is C13H12ClNO. The second kappa shape index (κ2) is 4.64. The molecule has 1 aromatic heterocycles. The molecule has 0 spiro atoms. The van der Waals surface area contributed by atoms with Crippen molar-refractivity contribution in [3.8, 4) is 11.1 Å². The molecule has 0 saturated heterocycles. The molecule has 0 bridgehead atoms. The first-order valence-corrected chi connectivity index (χ1v) is 5.40. The van der Waals surface area contributed by atoms with E-state index in [1.165, 1.54) is 0 Å². The minimum absolute atomic E-state index is 0.0365. The molecule has 0 fully saturated rings. The van der Waals surface area contributed by atoms with E-state index in [0.29, 0.717) is 5.02 Å². The van der Waals surface area contributed by atoms with Crippen LogP contribution in [0.1, 0.15) is 11.1 Å². The Morgan fingerprint density at radius 1 is 1.19 bits per heavy atom. The fourth-order valence-corrected chi connectivity index (χ4v) is 1.81. The molecule has 2 nitrogen and oxygen atoms in total. The van der Waals surface area contributed by atoms with Gasteiger partial charge in [-0.3, -0.25) is 4.98 Å². The van der Waals surface area contributed by atoms with E-state index in [4.69, 9.17) is 16.7 Å². The lowest BCUT2D eigenvalue weighted by atomic mass is 10.0. The molecule has 0 saturated carbocycles. The number of aliphatic hydroxyl groups is 1. The van der Waals surface area contributed by atoms with Gasteiger partial charge in [-0.25, -0.2) is 0 Å². The molecule has 0 unspecified atom stereocenters. The molecule has 16 heavy (non-hydrogen) atoms. The Morgan fingerprint density at radius 3 is 2.62 bits per heavy atom. The highest BCUT2D eigenvalue weighted by molar-refractivity contribution is 6.31. The number of rotatable bonds is 2. The minimum Gasteiger partial charge on any atom is -0.392 e. The van der Waals surface area contributed by atoms with E-state index in [1.54, 1.807) is 6.20 Å². The Labute approximate surface area is 99.5 Å². The summed E-state index contributed by atoms with van der Waals surface area (Å²) in [6, 6.07) is 7.68. The van der Waals surface area contributed by atoms with E-state index in [-0.39, 0.29) is 6.61 Å². The second-order valence-electron chi connectivity index (χ2n) is 3.72.